The van der Waals surface area contributed by atoms with E-state index in [-0.39, 0.29) is 17.6 Å². The first-order valence-corrected chi connectivity index (χ1v) is 12.1. The SMILES string of the molecule is C[C@@H]1OCC2(CCN(c3nc4[nH]cc(-c5cccc6ccccc56)c4c4nccn34)CC2)[C@@H]1N. The molecular formula is C27H28N6O. The van der Waals surface area contributed by atoms with E-state index in [1.807, 2.05) is 12.4 Å². The van der Waals surface area contributed by atoms with Gasteiger partial charge in [0.05, 0.1) is 18.1 Å². The smallest absolute Gasteiger partial charge is 0.213 e. The van der Waals surface area contributed by atoms with Crippen LogP contribution in [-0.2, 0) is 4.74 Å². The molecule has 2 aliphatic rings. The molecule has 7 heteroatoms. The second-order valence-electron chi connectivity index (χ2n) is 9.88. The van der Waals surface area contributed by atoms with Gasteiger partial charge in [-0.3, -0.25) is 4.40 Å². The second-order valence-corrected chi connectivity index (χ2v) is 9.88. The Kier molecular flexibility index (Phi) is 4.29. The molecule has 7 nitrogen and oxygen atoms in total. The molecule has 2 atom stereocenters. The van der Waals surface area contributed by atoms with E-state index in [1.165, 1.54) is 16.3 Å². The van der Waals surface area contributed by atoms with Gasteiger partial charge in [0.25, 0.3) is 0 Å². The van der Waals surface area contributed by atoms with E-state index >= 15 is 0 Å². The molecule has 172 valence electrons. The number of ether oxygens (including phenoxy) is 1. The molecule has 1 spiro atoms. The number of benzene rings is 2. The summed E-state index contributed by atoms with van der Waals surface area (Å²) < 4.78 is 8.05. The minimum Gasteiger partial charge on any atom is -0.376 e. The van der Waals surface area contributed by atoms with Crippen LogP contribution in [0.4, 0.5) is 5.95 Å². The quantitative estimate of drug-likeness (QED) is 0.416. The monoisotopic (exact) mass is 452 g/mol. The first-order chi connectivity index (χ1) is 16.6. The number of nitrogens with one attached hydrogen (secondary N) is 1. The van der Waals surface area contributed by atoms with Crippen molar-refractivity contribution in [3.05, 3.63) is 61.1 Å². The van der Waals surface area contributed by atoms with Crippen molar-refractivity contribution in [2.45, 2.75) is 31.9 Å². The predicted octanol–water partition coefficient (Wildman–Crippen LogP) is 4.36. The molecule has 2 saturated heterocycles. The zero-order chi connectivity index (χ0) is 22.9. The molecule has 34 heavy (non-hydrogen) atoms. The Balaban J connectivity index is 1.32. The summed E-state index contributed by atoms with van der Waals surface area (Å²) in [6.07, 6.45) is 8.12. The van der Waals surface area contributed by atoms with Gasteiger partial charge >= 0.3 is 0 Å². The van der Waals surface area contributed by atoms with Crippen LogP contribution in [0.2, 0.25) is 0 Å². The van der Waals surface area contributed by atoms with Crippen LogP contribution in [0.3, 0.4) is 0 Å². The van der Waals surface area contributed by atoms with E-state index in [4.69, 9.17) is 20.4 Å². The van der Waals surface area contributed by atoms with Crippen LogP contribution in [0.15, 0.2) is 61.1 Å². The van der Waals surface area contributed by atoms with E-state index < -0.39 is 0 Å². The van der Waals surface area contributed by atoms with Gasteiger partial charge in [-0.25, -0.2) is 4.98 Å². The van der Waals surface area contributed by atoms with E-state index in [0.717, 1.165) is 60.7 Å². The molecule has 0 amide bonds. The summed E-state index contributed by atoms with van der Waals surface area (Å²) in [5.41, 5.74) is 10.7. The number of aromatic amines is 1. The number of nitrogens with two attached hydrogens (primary N) is 1. The third-order valence-electron chi connectivity index (χ3n) is 8.12. The number of fused-ring (bicyclic) bond motifs is 4. The fourth-order valence-electron chi connectivity index (χ4n) is 6.05. The molecule has 2 fully saturated rings. The highest BCUT2D eigenvalue weighted by atomic mass is 16.5. The largest absolute Gasteiger partial charge is 0.376 e. The van der Waals surface area contributed by atoms with Crippen molar-refractivity contribution < 1.29 is 4.74 Å². The molecule has 7 rings (SSSR count). The molecular weight excluding hydrogens is 424 g/mol. The Hall–Kier alpha value is -3.42. The molecule has 0 saturated carbocycles. The fourth-order valence-corrected chi connectivity index (χ4v) is 6.05. The molecule has 5 heterocycles. The molecule has 0 radical (unpaired) electrons. The summed E-state index contributed by atoms with van der Waals surface area (Å²) in [6.45, 7) is 4.68. The zero-order valence-corrected chi connectivity index (χ0v) is 19.2. The number of nitrogens with zero attached hydrogens (tertiary/aromatic N) is 4. The van der Waals surface area contributed by atoms with Crippen LogP contribution >= 0.6 is 0 Å². The number of piperidine rings is 1. The lowest BCUT2D eigenvalue weighted by molar-refractivity contribution is 0.0973. The van der Waals surface area contributed by atoms with Crippen LogP contribution in [0.1, 0.15) is 19.8 Å². The first-order valence-electron chi connectivity index (χ1n) is 12.1. The number of H-pyrrole nitrogens is 1. The lowest BCUT2D eigenvalue weighted by Gasteiger charge is -2.41. The average molecular weight is 453 g/mol. The van der Waals surface area contributed by atoms with E-state index in [1.54, 1.807) is 0 Å². The number of aromatic nitrogens is 4. The zero-order valence-electron chi connectivity index (χ0n) is 19.2. The van der Waals surface area contributed by atoms with Crippen LogP contribution in [0, 0.1) is 5.41 Å². The number of anilines is 1. The molecule has 3 N–H and O–H groups in total. The average Bonchev–Trinajstić information content (AvgIpc) is 3.59. The summed E-state index contributed by atoms with van der Waals surface area (Å²) >= 11 is 0. The van der Waals surface area contributed by atoms with Gasteiger partial charge in [-0.2, -0.15) is 4.98 Å². The van der Waals surface area contributed by atoms with Gasteiger partial charge in [0.1, 0.15) is 5.65 Å². The van der Waals surface area contributed by atoms with Crippen molar-refractivity contribution in [2.75, 3.05) is 24.6 Å². The Bertz CT molecular complexity index is 1520. The highest BCUT2D eigenvalue weighted by molar-refractivity contribution is 6.09. The Morgan fingerprint density at radius 3 is 2.74 bits per heavy atom. The number of rotatable bonds is 2. The minimum absolute atomic E-state index is 0.0854. The number of hydrogen-bond acceptors (Lipinski definition) is 5. The Morgan fingerprint density at radius 2 is 1.91 bits per heavy atom. The first kappa shape index (κ1) is 20.0. The van der Waals surface area contributed by atoms with Crippen LogP contribution in [0.25, 0.3) is 38.6 Å². The summed E-state index contributed by atoms with van der Waals surface area (Å²) in [4.78, 5) is 15.7. The third-order valence-corrected chi connectivity index (χ3v) is 8.12. The van der Waals surface area contributed by atoms with Crippen LogP contribution in [0.5, 0.6) is 0 Å². The van der Waals surface area contributed by atoms with Crippen LogP contribution in [-0.4, -0.2) is 51.2 Å². The fraction of sp³-hybridized carbons (Fsp3) is 0.333. The van der Waals surface area contributed by atoms with Gasteiger partial charge < -0.3 is 20.4 Å². The van der Waals surface area contributed by atoms with Gasteiger partial charge in [-0.05, 0) is 36.1 Å². The van der Waals surface area contributed by atoms with Gasteiger partial charge in [0, 0.05) is 48.7 Å². The van der Waals surface area contributed by atoms with E-state index in [9.17, 15) is 0 Å². The Labute approximate surface area is 197 Å². The maximum absolute atomic E-state index is 6.54. The topological polar surface area (TPSA) is 84.5 Å². The Morgan fingerprint density at radius 1 is 1.09 bits per heavy atom. The van der Waals surface area contributed by atoms with Gasteiger partial charge in [0.15, 0.2) is 5.65 Å². The normalized spacial score (nSPS) is 22.5. The molecule has 2 aromatic carbocycles. The van der Waals surface area contributed by atoms with Crippen molar-refractivity contribution in [2.24, 2.45) is 11.1 Å². The summed E-state index contributed by atoms with van der Waals surface area (Å²) in [5, 5.41) is 3.51. The lowest BCUT2D eigenvalue weighted by atomic mass is 9.73. The maximum Gasteiger partial charge on any atom is 0.213 e. The molecule has 0 bridgehead atoms. The summed E-state index contributed by atoms with van der Waals surface area (Å²) in [7, 11) is 0. The van der Waals surface area contributed by atoms with Gasteiger partial charge in [-0.15, -0.1) is 0 Å². The van der Waals surface area contributed by atoms with E-state index in [0.29, 0.717) is 0 Å². The lowest BCUT2D eigenvalue weighted by Crippen LogP contribution is -2.51. The molecule has 0 aliphatic carbocycles. The standard InChI is InChI=1S/C27H28N6O/c1-17-23(28)27(16-34-17)9-12-32(13-10-27)26-31-24-22(25-29-11-14-33(25)26)21(15-30-24)20-8-4-6-18-5-2-3-7-19(18)20/h2-8,11,14-15,17,23,30H,9-10,12-13,16,28H2,1H3/t17-,23+/m0/s1. The molecule has 3 aromatic heterocycles. The molecule has 2 aliphatic heterocycles. The number of hydrogen-bond donors (Lipinski definition) is 2. The third kappa shape index (κ3) is 2.77. The van der Waals surface area contributed by atoms with Crippen LogP contribution < -0.4 is 10.6 Å². The maximum atomic E-state index is 6.54. The molecule has 5 aromatic rings. The summed E-state index contributed by atoms with van der Waals surface area (Å²) in [6, 6.07) is 15.0. The van der Waals surface area contributed by atoms with Gasteiger partial charge in [0.2, 0.25) is 5.95 Å². The van der Waals surface area contributed by atoms with Crippen molar-refractivity contribution in [1.29, 1.82) is 0 Å². The van der Waals surface area contributed by atoms with Crippen molar-refractivity contribution in [3.8, 4) is 11.1 Å². The molecule has 0 unspecified atom stereocenters. The second kappa shape index (κ2) is 7.29. The predicted molar refractivity (Wildman–Crippen MR) is 135 cm³/mol. The van der Waals surface area contributed by atoms with Gasteiger partial charge in [-0.1, -0.05) is 42.5 Å². The van der Waals surface area contributed by atoms with Crippen molar-refractivity contribution in [1.82, 2.24) is 19.4 Å². The summed E-state index contributed by atoms with van der Waals surface area (Å²) in [5.74, 6) is 0.932. The van der Waals surface area contributed by atoms with E-state index in [2.05, 4.69) is 69.9 Å². The highest BCUT2D eigenvalue weighted by Gasteiger charge is 2.47. The minimum atomic E-state index is 0.0854. The highest BCUT2D eigenvalue weighted by Crippen LogP contribution is 2.42. The van der Waals surface area contributed by atoms with Crippen molar-refractivity contribution in [3.63, 3.8) is 0 Å². The number of imidazole rings is 1. The van der Waals surface area contributed by atoms with Crippen molar-refractivity contribution >= 4 is 33.4 Å².